The van der Waals surface area contributed by atoms with Crippen molar-refractivity contribution in [3.8, 4) is 0 Å². The maximum Gasteiger partial charge on any atom is 0.0554 e. The molecule has 2 aromatic rings. The van der Waals surface area contributed by atoms with Crippen molar-refractivity contribution < 1.29 is 0 Å². The molecule has 0 radical (unpaired) electrons. The van der Waals surface area contributed by atoms with E-state index in [2.05, 4.69) is 70.7 Å². The van der Waals surface area contributed by atoms with Crippen LogP contribution in [0.5, 0.6) is 0 Å². The monoisotopic (exact) mass is 373 g/mol. The Labute approximate surface area is 144 Å². The molecule has 1 heterocycles. The van der Waals surface area contributed by atoms with Gasteiger partial charge in [0.25, 0.3) is 0 Å². The summed E-state index contributed by atoms with van der Waals surface area (Å²) >= 11 is 10.0. The van der Waals surface area contributed by atoms with E-state index in [0.717, 1.165) is 15.9 Å². The molecular weight excluding hydrogens is 358 g/mol. The maximum atomic E-state index is 6.52. The van der Waals surface area contributed by atoms with E-state index in [-0.39, 0.29) is 0 Å². The van der Waals surface area contributed by atoms with Gasteiger partial charge in [-0.3, -0.25) is 0 Å². The molecule has 3 atom stereocenters. The van der Waals surface area contributed by atoms with Crippen molar-refractivity contribution in [2.45, 2.75) is 25.3 Å². The minimum absolute atomic E-state index is 0.331. The molecule has 1 N–H and O–H groups in total. The minimum Gasteiger partial charge on any atom is -0.377 e. The zero-order valence-electron chi connectivity index (χ0n) is 12.3. The molecule has 0 saturated carbocycles. The van der Waals surface area contributed by atoms with E-state index in [1.165, 1.54) is 22.4 Å². The van der Waals surface area contributed by atoms with E-state index < -0.39 is 0 Å². The number of fused-ring (bicyclic) bond motifs is 3. The van der Waals surface area contributed by atoms with Crippen LogP contribution in [-0.2, 0) is 0 Å². The van der Waals surface area contributed by atoms with Crippen LogP contribution in [0.3, 0.4) is 0 Å². The summed E-state index contributed by atoms with van der Waals surface area (Å²) in [5.41, 5.74) is 5.09. The van der Waals surface area contributed by atoms with Crippen LogP contribution >= 0.6 is 27.5 Å². The second kappa shape index (κ2) is 5.43. The Kier molecular flexibility index (Phi) is 3.54. The van der Waals surface area contributed by atoms with Gasteiger partial charge in [-0.25, -0.2) is 0 Å². The molecule has 2 aliphatic rings. The summed E-state index contributed by atoms with van der Waals surface area (Å²) in [6, 6.07) is 13.1. The second-order valence-electron chi connectivity index (χ2n) is 6.18. The topological polar surface area (TPSA) is 12.0 Å². The van der Waals surface area contributed by atoms with Gasteiger partial charge in [0.05, 0.1) is 6.04 Å². The Bertz CT molecular complexity index is 751. The summed E-state index contributed by atoms with van der Waals surface area (Å²) in [5.74, 6) is 0.949. The van der Waals surface area contributed by atoms with Crippen LogP contribution in [0.1, 0.15) is 35.1 Å². The highest BCUT2D eigenvalue weighted by atomic mass is 79.9. The lowest BCUT2D eigenvalue weighted by Gasteiger charge is -2.38. The van der Waals surface area contributed by atoms with Crippen molar-refractivity contribution in [3.05, 3.63) is 74.7 Å². The predicted molar refractivity (Wildman–Crippen MR) is 96.7 cm³/mol. The average molecular weight is 375 g/mol. The molecule has 2 aromatic carbocycles. The predicted octanol–water partition coefficient (Wildman–Crippen LogP) is 6.24. The smallest absolute Gasteiger partial charge is 0.0554 e. The molecule has 1 aliphatic carbocycles. The molecule has 22 heavy (non-hydrogen) atoms. The number of hydrogen-bond donors (Lipinski definition) is 1. The van der Waals surface area contributed by atoms with Gasteiger partial charge in [-0.2, -0.15) is 0 Å². The van der Waals surface area contributed by atoms with Gasteiger partial charge < -0.3 is 5.32 Å². The van der Waals surface area contributed by atoms with Crippen molar-refractivity contribution in [3.63, 3.8) is 0 Å². The van der Waals surface area contributed by atoms with Crippen LogP contribution < -0.4 is 5.32 Å². The Hall–Kier alpha value is -1.25. The number of aryl methyl sites for hydroxylation is 1. The first kappa shape index (κ1) is 14.3. The number of hydrogen-bond acceptors (Lipinski definition) is 1. The minimum atomic E-state index is 0.331. The highest BCUT2D eigenvalue weighted by Gasteiger charge is 2.39. The first-order chi connectivity index (χ1) is 10.6. The van der Waals surface area contributed by atoms with Crippen LogP contribution in [0.15, 0.2) is 53.0 Å². The fourth-order valence-electron chi connectivity index (χ4n) is 3.81. The van der Waals surface area contributed by atoms with Gasteiger partial charge in [0.1, 0.15) is 0 Å². The quantitative estimate of drug-likeness (QED) is 0.583. The van der Waals surface area contributed by atoms with E-state index in [4.69, 9.17) is 11.6 Å². The molecule has 112 valence electrons. The Morgan fingerprint density at radius 2 is 1.91 bits per heavy atom. The normalized spacial score (nSPS) is 25.5. The average Bonchev–Trinajstić information content (AvgIpc) is 3.00. The molecule has 3 heteroatoms. The van der Waals surface area contributed by atoms with Crippen LogP contribution in [0, 0.1) is 12.8 Å². The summed E-state index contributed by atoms with van der Waals surface area (Å²) < 4.78 is 1.12. The number of nitrogens with one attached hydrogen (secondary N) is 1. The lowest BCUT2D eigenvalue weighted by Crippen LogP contribution is -2.29. The van der Waals surface area contributed by atoms with Crippen molar-refractivity contribution in [2.75, 3.05) is 5.32 Å². The van der Waals surface area contributed by atoms with Crippen LogP contribution in [-0.4, -0.2) is 0 Å². The Balaban J connectivity index is 1.84. The number of anilines is 1. The van der Waals surface area contributed by atoms with Crippen molar-refractivity contribution in [1.29, 1.82) is 0 Å². The molecule has 0 spiro atoms. The molecule has 0 aromatic heterocycles. The van der Waals surface area contributed by atoms with Gasteiger partial charge in [-0.1, -0.05) is 57.9 Å². The summed E-state index contributed by atoms with van der Waals surface area (Å²) in [4.78, 5) is 0. The lowest BCUT2D eigenvalue weighted by molar-refractivity contribution is 0.425. The van der Waals surface area contributed by atoms with Gasteiger partial charge in [0.2, 0.25) is 0 Å². The van der Waals surface area contributed by atoms with E-state index in [1.54, 1.807) is 0 Å². The SMILES string of the molecule is Cc1ccc(Cl)c2c1N[C@@H](c1ccc(Br)cc1)[C@H]1CC=C[C@@H]21. The molecule has 0 saturated heterocycles. The van der Waals surface area contributed by atoms with Crippen LogP contribution in [0.4, 0.5) is 5.69 Å². The number of halogens is 2. The summed E-state index contributed by atoms with van der Waals surface area (Å²) in [5, 5.41) is 4.65. The fourth-order valence-corrected chi connectivity index (χ4v) is 4.36. The van der Waals surface area contributed by atoms with Crippen LogP contribution in [0.25, 0.3) is 0 Å². The fraction of sp³-hybridized carbons (Fsp3) is 0.263. The largest absolute Gasteiger partial charge is 0.377 e. The molecule has 1 aliphatic heterocycles. The third-order valence-electron chi connectivity index (χ3n) is 4.90. The highest BCUT2D eigenvalue weighted by molar-refractivity contribution is 9.10. The van der Waals surface area contributed by atoms with Crippen LogP contribution in [0.2, 0.25) is 5.02 Å². The van der Waals surface area contributed by atoms with Gasteiger partial charge in [0, 0.05) is 26.7 Å². The summed E-state index contributed by atoms with van der Waals surface area (Å²) in [6.07, 6.45) is 5.74. The number of rotatable bonds is 1. The van der Waals surface area contributed by atoms with Gasteiger partial charge in [0.15, 0.2) is 0 Å². The highest BCUT2D eigenvalue weighted by Crippen LogP contribution is 2.52. The maximum absolute atomic E-state index is 6.52. The standard InChI is InChI=1S/C19H17BrClN/c1-11-5-10-16(21)17-14-3-2-4-15(14)19(22-18(11)17)12-6-8-13(20)9-7-12/h2-3,5-10,14-15,19,22H,4H2,1H3/t14-,15+,19+/m1/s1. The van der Waals surface area contributed by atoms with Gasteiger partial charge in [-0.05, 0) is 48.6 Å². The first-order valence-corrected chi connectivity index (χ1v) is 8.80. The molecule has 0 bridgehead atoms. The lowest BCUT2D eigenvalue weighted by atomic mass is 9.76. The van der Waals surface area contributed by atoms with E-state index in [9.17, 15) is 0 Å². The molecule has 1 nitrogen and oxygen atoms in total. The van der Waals surface area contributed by atoms with Gasteiger partial charge in [-0.15, -0.1) is 0 Å². The van der Waals surface area contributed by atoms with Crippen molar-refractivity contribution in [1.82, 2.24) is 0 Å². The molecule has 0 fully saturated rings. The third-order valence-corrected chi connectivity index (χ3v) is 5.76. The zero-order valence-corrected chi connectivity index (χ0v) is 14.7. The molecular formula is C19H17BrClN. The molecule has 4 rings (SSSR count). The summed E-state index contributed by atoms with van der Waals surface area (Å²) in [6.45, 7) is 2.15. The van der Waals surface area contributed by atoms with Crippen molar-refractivity contribution >= 4 is 33.2 Å². The Morgan fingerprint density at radius 1 is 1.14 bits per heavy atom. The third kappa shape index (κ3) is 2.21. The van der Waals surface area contributed by atoms with Crippen molar-refractivity contribution in [2.24, 2.45) is 5.92 Å². The number of allylic oxidation sites excluding steroid dienone is 2. The molecule has 0 unspecified atom stereocenters. The summed E-state index contributed by atoms with van der Waals surface area (Å²) in [7, 11) is 0. The van der Waals surface area contributed by atoms with E-state index in [1.807, 2.05) is 6.07 Å². The van der Waals surface area contributed by atoms with E-state index in [0.29, 0.717) is 17.9 Å². The first-order valence-electron chi connectivity index (χ1n) is 7.63. The second-order valence-corrected chi connectivity index (χ2v) is 7.50. The Morgan fingerprint density at radius 3 is 2.68 bits per heavy atom. The molecule has 0 amide bonds. The van der Waals surface area contributed by atoms with E-state index >= 15 is 0 Å². The number of benzene rings is 2. The van der Waals surface area contributed by atoms with Gasteiger partial charge >= 0.3 is 0 Å². The zero-order chi connectivity index (χ0) is 15.3.